The van der Waals surface area contributed by atoms with Gasteiger partial charge in [-0.05, 0) is 17.7 Å². The van der Waals surface area contributed by atoms with Gasteiger partial charge < -0.3 is 9.64 Å². The Bertz CT molecular complexity index is 599. The molecule has 0 atom stereocenters. The molecule has 2 aliphatic heterocycles. The number of nitriles is 1. The molecule has 6 heteroatoms. The zero-order valence-electron chi connectivity index (χ0n) is 14.0. The third-order valence-corrected chi connectivity index (χ3v) is 4.65. The molecular formula is C18H24N4O2. The summed E-state index contributed by atoms with van der Waals surface area (Å²) in [5, 5.41) is 8.98. The van der Waals surface area contributed by atoms with Gasteiger partial charge in [-0.15, -0.1) is 0 Å². The highest BCUT2D eigenvalue weighted by Crippen LogP contribution is 2.11. The molecule has 2 fully saturated rings. The van der Waals surface area contributed by atoms with Crippen molar-refractivity contribution >= 4 is 5.91 Å². The molecule has 0 saturated carbocycles. The number of rotatable bonds is 4. The van der Waals surface area contributed by atoms with Crippen molar-refractivity contribution in [3.63, 3.8) is 0 Å². The van der Waals surface area contributed by atoms with E-state index in [9.17, 15) is 4.79 Å². The Kier molecular flexibility index (Phi) is 5.81. The Morgan fingerprint density at radius 2 is 1.83 bits per heavy atom. The van der Waals surface area contributed by atoms with Gasteiger partial charge in [-0.3, -0.25) is 14.6 Å². The van der Waals surface area contributed by atoms with Gasteiger partial charge in [0.15, 0.2) is 0 Å². The van der Waals surface area contributed by atoms with Crippen LogP contribution in [0.5, 0.6) is 0 Å². The van der Waals surface area contributed by atoms with E-state index in [4.69, 9.17) is 10.00 Å². The molecule has 2 heterocycles. The van der Waals surface area contributed by atoms with Crippen LogP contribution in [-0.2, 0) is 16.1 Å². The average molecular weight is 328 g/mol. The molecular weight excluding hydrogens is 304 g/mol. The summed E-state index contributed by atoms with van der Waals surface area (Å²) in [5.41, 5.74) is 1.86. The van der Waals surface area contributed by atoms with E-state index in [1.807, 2.05) is 23.1 Å². The van der Waals surface area contributed by atoms with Crippen molar-refractivity contribution in [2.24, 2.45) is 0 Å². The summed E-state index contributed by atoms with van der Waals surface area (Å²) in [4.78, 5) is 18.9. The van der Waals surface area contributed by atoms with Gasteiger partial charge in [-0.25, -0.2) is 0 Å². The lowest BCUT2D eigenvalue weighted by molar-refractivity contribution is -0.135. The summed E-state index contributed by atoms with van der Waals surface area (Å²) in [6, 6.07) is 9.92. The maximum atomic E-state index is 12.4. The minimum atomic E-state index is 0.225. The number of piperazine rings is 1. The number of nitrogens with zero attached hydrogens (tertiary/aromatic N) is 4. The molecule has 0 spiro atoms. The van der Waals surface area contributed by atoms with E-state index in [-0.39, 0.29) is 5.91 Å². The highest BCUT2D eigenvalue weighted by atomic mass is 16.5. The Morgan fingerprint density at radius 1 is 1.08 bits per heavy atom. The first kappa shape index (κ1) is 16.9. The number of hydrogen-bond donors (Lipinski definition) is 0. The summed E-state index contributed by atoms with van der Waals surface area (Å²) < 4.78 is 5.32. The van der Waals surface area contributed by atoms with Gasteiger partial charge in [-0.2, -0.15) is 5.26 Å². The zero-order chi connectivity index (χ0) is 16.8. The third-order valence-electron chi connectivity index (χ3n) is 4.65. The molecule has 2 saturated heterocycles. The first-order chi connectivity index (χ1) is 11.7. The largest absolute Gasteiger partial charge is 0.379 e. The van der Waals surface area contributed by atoms with Crippen LogP contribution in [0.4, 0.5) is 0 Å². The van der Waals surface area contributed by atoms with Crippen LogP contribution in [0.25, 0.3) is 0 Å². The molecule has 128 valence electrons. The molecule has 0 aliphatic carbocycles. The van der Waals surface area contributed by atoms with Crippen LogP contribution in [0, 0.1) is 11.3 Å². The number of morpholine rings is 1. The van der Waals surface area contributed by atoms with E-state index in [2.05, 4.69) is 21.9 Å². The van der Waals surface area contributed by atoms with Crippen molar-refractivity contribution in [2.45, 2.75) is 6.54 Å². The molecule has 3 rings (SSSR count). The second kappa shape index (κ2) is 8.25. The number of amides is 1. The Balaban J connectivity index is 1.45. The SMILES string of the molecule is N#Cc1cccc(CN2CCN(C(=O)CN3CCOCC3)CC2)c1. The van der Waals surface area contributed by atoms with Crippen LogP contribution in [0.1, 0.15) is 11.1 Å². The Hall–Kier alpha value is -1.94. The molecule has 0 radical (unpaired) electrons. The van der Waals surface area contributed by atoms with Crippen molar-refractivity contribution in [3.05, 3.63) is 35.4 Å². The minimum Gasteiger partial charge on any atom is -0.379 e. The summed E-state index contributed by atoms with van der Waals surface area (Å²) in [5.74, 6) is 0.225. The molecule has 0 bridgehead atoms. The van der Waals surface area contributed by atoms with Gasteiger partial charge in [0, 0.05) is 45.8 Å². The van der Waals surface area contributed by atoms with Gasteiger partial charge in [0.2, 0.25) is 5.91 Å². The second-order valence-corrected chi connectivity index (χ2v) is 6.36. The molecule has 1 aromatic carbocycles. The molecule has 6 nitrogen and oxygen atoms in total. The van der Waals surface area contributed by atoms with Crippen molar-refractivity contribution in [1.82, 2.24) is 14.7 Å². The smallest absolute Gasteiger partial charge is 0.236 e. The van der Waals surface area contributed by atoms with Crippen molar-refractivity contribution in [2.75, 3.05) is 59.0 Å². The van der Waals surface area contributed by atoms with Gasteiger partial charge in [0.1, 0.15) is 0 Å². The lowest BCUT2D eigenvalue weighted by atomic mass is 10.1. The van der Waals surface area contributed by atoms with Crippen LogP contribution < -0.4 is 0 Å². The average Bonchev–Trinajstić information content (AvgIpc) is 2.63. The molecule has 2 aliphatic rings. The first-order valence-electron chi connectivity index (χ1n) is 8.54. The fraction of sp³-hybridized carbons (Fsp3) is 0.556. The van der Waals surface area contributed by atoms with Crippen LogP contribution in [0.3, 0.4) is 0 Å². The molecule has 1 aromatic rings. The highest BCUT2D eigenvalue weighted by molar-refractivity contribution is 5.78. The third kappa shape index (κ3) is 4.54. The molecule has 1 amide bonds. The number of ether oxygens (including phenoxy) is 1. The number of carbonyl (C=O) groups excluding carboxylic acids is 1. The lowest BCUT2D eigenvalue weighted by Crippen LogP contribution is -2.51. The number of benzene rings is 1. The van der Waals surface area contributed by atoms with Crippen molar-refractivity contribution in [3.8, 4) is 6.07 Å². The van der Waals surface area contributed by atoms with E-state index < -0.39 is 0 Å². The van der Waals surface area contributed by atoms with Gasteiger partial charge in [0.05, 0.1) is 31.4 Å². The fourth-order valence-corrected chi connectivity index (χ4v) is 3.20. The van der Waals surface area contributed by atoms with E-state index in [0.717, 1.165) is 64.6 Å². The second-order valence-electron chi connectivity index (χ2n) is 6.36. The summed E-state index contributed by atoms with van der Waals surface area (Å²) >= 11 is 0. The fourth-order valence-electron chi connectivity index (χ4n) is 3.20. The predicted molar refractivity (Wildman–Crippen MR) is 90.3 cm³/mol. The quantitative estimate of drug-likeness (QED) is 0.807. The van der Waals surface area contributed by atoms with E-state index in [1.54, 1.807) is 0 Å². The van der Waals surface area contributed by atoms with Crippen LogP contribution in [-0.4, -0.2) is 79.6 Å². The topological polar surface area (TPSA) is 59.8 Å². The first-order valence-corrected chi connectivity index (χ1v) is 8.54. The maximum Gasteiger partial charge on any atom is 0.236 e. The highest BCUT2D eigenvalue weighted by Gasteiger charge is 2.23. The van der Waals surface area contributed by atoms with E-state index in [1.165, 1.54) is 0 Å². The van der Waals surface area contributed by atoms with Crippen LogP contribution >= 0.6 is 0 Å². The van der Waals surface area contributed by atoms with Gasteiger partial charge in [0.25, 0.3) is 0 Å². The summed E-state index contributed by atoms with van der Waals surface area (Å²) in [7, 11) is 0. The van der Waals surface area contributed by atoms with Crippen LogP contribution in [0.15, 0.2) is 24.3 Å². The zero-order valence-corrected chi connectivity index (χ0v) is 14.0. The molecule has 0 aromatic heterocycles. The van der Waals surface area contributed by atoms with Crippen LogP contribution in [0.2, 0.25) is 0 Å². The van der Waals surface area contributed by atoms with E-state index in [0.29, 0.717) is 12.1 Å². The minimum absolute atomic E-state index is 0.225. The summed E-state index contributed by atoms with van der Waals surface area (Å²) in [6.07, 6.45) is 0. The monoisotopic (exact) mass is 328 g/mol. The Labute approximate surface area is 143 Å². The number of carbonyl (C=O) groups is 1. The predicted octanol–water partition coefficient (Wildman–Crippen LogP) is 0.535. The summed E-state index contributed by atoms with van der Waals surface area (Å²) in [6.45, 7) is 7.81. The lowest BCUT2D eigenvalue weighted by Gasteiger charge is -2.36. The van der Waals surface area contributed by atoms with Gasteiger partial charge in [-0.1, -0.05) is 12.1 Å². The normalized spacial score (nSPS) is 19.9. The standard InChI is InChI=1S/C18H24N4O2/c19-13-16-2-1-3-17(12-16)14-20-4-6-22(7-5-20)18(23)15-21-8-10-24-11-9-21/h1-3,12H,4-11,14-15H2. The van der Waals surface area contributed by atoms with E-state index >= 15 is 0 Å². The molecule has 0 unspecified atom stereocenters. The maximum absolute atomic E-state index is 12.4. The molecule has 24 heavy (non-hydrogen) atoms. The van der Waals surface area contributed by atoms with Crippen molar-refractivity contribution < 1.29 is 9.53 Å². The van der Waals surface area contributed by atoms with Crippen molar-refractivity contribution in [1.29, 1.82) is 5.26 Å². The molecule has 0 N–H and O–H groups in total. The van der Waals surface area contributed by atoms with Gasteiger partial charge >= 0.3 is 0 Å². The Morgan fingerprint density at radius 3 is 2.54 bits per heavy atom. The number of hydrogen-bond acceptors (Lipinski definition) is 5.